The summed E-state index contributed by atoms with van der Waals surface area (Å²) in [5, 5.41) is 23.2. The minimum Gasteiger partial charge on any atom is -0.477 e. The number of aliphatic carboxylic acids is 1. The van der Waals surface area contributed by atoms with Gasteiger partial charge in [0, 0.05) is 44.5 Å². The highest BCUT2D eigenvalue weighted by Crippen LogP contribution is 2.36. The molecule has 10 nitrogen and oxygen atoms in total. The zero-order chi connectivity index (χ0) is 18.2. The van der Waals surface area contributed by atoms with Crippen LogP contribution in [-0.4, -0.2) is 53.1 Å². The first-order valence-corrected chi connectivity index (χ1v) is 8.90. The Balaban J connectivity index is 1.70. The van der Waals surface area contributed by atoms with Crippen molar-refractivity contribution in [2.75, 3.05) is 13.1 Å². The first-order chi connectivity index (χ1) is 11.7. The molecule has 0 saturated carbocycles. The number of piperidine rings is 1. The van der Waals surface area contributed by atoms with Crippen molar-refractivity contribution in [2.45, 2.75) is 29.8 Å². The molecule has 0 aliphatic carbocycles. The van der Waals surface area contributed by atoms with Crippen molar-refractivity contribution in [1.29, 1.82) is 0 Å². The first-order valence-electron chi connectivity index (χ1n) is 7.46. The second-order valence-corrected chi connectivity index (χ2v) is 7.89. The summed E-state index contributed by atoms with van der Waals surface area (Å²) in [6.45, 7) is 0.309. The first kappa shape index (κ1) is 17.3. The van der Waals surface area contributed by atoms with Crippen molar-refractivity contribution in [1.82, 2.24) is 4.31 Å². The van der Waals surface area contributed by atoms with Crippen LogP contribution in [0.15, 0.2) is 34.3 Å². The minimum absolute atomic E-state index is 0.0242. The molecule has 2 aliphatic rings. The average Bonchev–Trinajstić information content (AvgIpc) is 2.99. The van der Waals surface area contributed by atoms with E-state index in [1.807, 2.05) is 0 Å². The Bertz CT molecular complexity index is 840. The number of oxime groups is 1. The number of nitro benzene ring substituents is 1. The molecule has 1 spiro atoms. The van der Waals surface area contributed by atoms with Crippen LogP contribution in [0.5, 0.6) is 0 Å². The third kappa shape index (κ3) is 3.20. The number of non-ortho nitro benzene ring substituents is 1. The zero-order valence-corrected chi connectivity index (χ0v) is 13.8. The summed E-state index contributed by atoms with van der Waals surface area (Å²) in [4.78, 5) is 26.3. The van der Waals surface area contributed by atoms with Crippen LogP contribution in [0.2, 0.25) is 0 Å². The fourth-order valence-electron chi connectivity index (χ4n) is 2.93. The number of sulfonamides is 1. The van der Waals surface area contributed by atoms with Crippen molar-refractivity contribution in [3.05, 3.63) is 34.4 Å². The van der Waals surface area contributed by atoms with Gasteiger partial charge in [0.2, 0.25) is 10.0 Å². The Morgan fingerprint density at radius 1 is 1.28 bits per heavy atom. The maximum Gasteiger partial charge on any atom is 0.353 e. The number of carbonyl (C=O) groups is 1. The molecule has 1 saturated heterocycles. The monoisotopic (exact) mass is 369 g/mol. The van der Waals surface area contributed by atoms with Gasteiger partial charge in [-0.3, -0.25) is 10.1 Å². The average molecular weight is 369 g/mol. The molecule has 3 rings (SSSR count). The predicted octanol–water partition coefficient (Wildman–Crippen LogP) is 0.979. The van der Waals surface area contributed by atoms with Gasteiger partial charge in [0.25, 0.3) is 5.69 Å². The van der Waals surface area contributed by atoms with E-state index >= 15 is 0 Å². The standard InChI is InChI=1S/C14H15N3O7S/c18-13(19)12-9-14(24-15-12)5-7-16(8-6-14)25(22,23)11-3-1-10(2-4-11)17(20)21/h1-4H,5-9H2,(H,18,19). The summed E-state index contributed by atoms with van der Waals surface area (Å²) < 4.78 is 26.5. The van der Waals surface area contributed by atoms with Gasteiger partial charge in [0.15, 0.2) is 5.71 Å². The minimum atomic E-state index is -3.78. The van der Waals surface area contributed by atoms with Gasteiger partial charge in [0.1, 0.15) is 5.60 Å². The van der Waals surface area contributed by atoms with Crippen LogP contribution in [0.1, 0.15) is 19.3 Å². The summed E-state index contributed by atoms with van der Waals surface area (Å²) in [6, 6.07) is 4.70. The van der Waals surface area contributed by atoms with E-state index in [4.69, 9.17) is 9.94 Å². The fraction of sp³-hybridized carbons (Fsp3) is 0.429. The third-order valence-corrected chi connectivity index (χ3v) is 6.32. The highest BCUT2D eigenvalue weighted by molar-refractivity contribution is 7.89. The van der Waals surface area contributed by atoms with E-state index in [9.17, 15) is 23.3 Å². The Labute approximate surface area is 142 Å². The van der Waals surface area contributed by atoms with Gasteiger partial charge in [0.05, 0.1) is 9.82 Å². The number of hydrogen-bond donors (Lipinski definition) is 1. The maximum absolute atomic E-state index is 12.6. The quantitative estimate of drug-likeness (QED) is 0.616. The van der Waals surface area contributed by atoms with E-state index in [2.05, 4.69) is 5.16 Å². The highest BCUT2D eigenvalue weighted by Gasteiger charge is 2.45. The van der Waals surface area contributed by atoms with E-state index in [1.54, 1.807) is 0 Å². The van der Waals surface area contributed by atoms with E-state index in [1.165, 1.54) is 16.4 Å². The van der Waals surface area contributed by atoms with Gasteiger partial charge in [-0.15, -0.1) is 0 Å². The molecule has 1 aromatic carbocycles. The molecule has 2 heterocycles. The normalized spacial score (nSPS) is 20.1. The van der Waals surface area contributed by atoms with Gasteiger partial charge in [-0.2, -0.15) is 4.31 Å². The summed E-state index contributed by atoms with van der Waals surface area (Å²) in [6.07, 6.45) is 0.784. The molecule has 0 aromatic heterocycles. The van der Waals surface area contributed by atoms with Gasteiger partial charge in [-0.05, 0) is 12.1 Å². The van der Waals surface area contributed by atoms with Crippen LogP contribution < -0.4 is 0 Å². The lowest BCUT2D eigenvalue weighted by molar-refractivity contribution is -0.384. The van der Waals surface area contributed by atoms with E-state index in [0.29, 0.717) is 12.8 Å². The van der Waals surface area contributed by atoms with Crippen molar-refractivity contribution in [3.8, 4) is 0 Å². The van der Waals surface area contributed by atoms with Gasteiger partial charge in [-0.25, -0.2) is 13.2 Å². The smallest absolute Gasteiger partial charge is 0.353 e. The molecule has 1 aromatic rings. The molecule has 0 amide bonds. The fourth-order valence-corrected chi connectivity index (χ4v) is 4.37. The molecule has 134 valence electrons. The number of rotatable bonds is 4. The van der Waals surface area contributed by atoms with Crippen molar-refractivity contribution < 1.29 is 28.1 Å². The molecule has 0 unspecified atom stereocenters. The van der Waals surface area contributed by atoms with Crippen LogP contribution in [-0.2, 0) is 19.7 Å². The third-order valence-electron chi connectivity index (χ3n) is 4.40. The van der Waals surface area contributed by atoms with Crippen LogP contribution in [0.3, 0.4) is 0 Å². The van der Waals surface area contributed by atoms with E-state index in [-0.39, 0.29) is 35.8 Å². The van der Waals surface area contributed by atoms with Crippen molar-refractivity contribution >= 4 is 27.4 Å². The van der Waals surface area contributed by atoms with Gasteiger partial charge in [-0.1, -0.05) is 5.16 Å². The molecule has 25 heavy (non-hydrogen) atoms. The molecule has 11 heteroatoms. The summed E-state index contributed by atoms with van der Waals surface area (Å²) >= 11 is 0. The van der Waals surface area contributed by atoms with E-state index < -0.39 is 26.5 Å². The van der Waals surface area contributed by atoms with Crippen LogP contribution in [0.4, 0.5) is 5.69 Å². The number of carboxylic acid groups (broad SMARTS) is 1. The largest absolute Gasteiger partial charge is 0.477 e. The Hall–Kier alpha value is -2.53. The lowest BCUT2D eigenvalue weighted by Crippen LogP contribution is -2.47. The predicted molar refractivity (Wildman–Crippen MR) is 84.6 cm³/mol. The summed E-state index contributed by atoms with van der Waals surface area (Å²) in [5.41, 5.74) is -1.02. The lowest BCUT2D eigenvalue weighted by Gasteiger charge is -2.36. The Morgan fingerprint density at radius 2 is 1.88 bits per heavy atom. The SMILES string of the molecule is O=C(O)C1=NOC2(CCN(S(=O)(=O)c3ccc([N+](=O)[O-])cc3)CC2)C1. The lowest BCUT2D eigenvalue weighted by atomic mass is 9.88. The molecule has 1 N–H and O–H groups in total. The maximum atomic E-state index is 12.6. The zero-order valence-electron chi connectivity index (χ0n) is 13.0. The number of nitro groups is 1. The topological polar surface area (TPSA) is 139 Å². The Kier molecular flexibility index (Phi) is 4.21. The van der Waals surface area contributed by atoms with Crippen molar-refractivity contribution in [2.24, 2.45) is 5.16 Å². The molecular formula is C14H15N3O7S. The highest BCUT2D eigenvalue weighted by atomic mass is 32.2. The molecule has 0 radical (unpaired) electrons. The van der Waals surface area contributed by atoms with Crippen LogP contribution in [0, 0.1) is 10.1 Å². The summed E-state index contributed by atoms with van der Waals surface area (Å²) in [5.74, 6) is -1.14. The molecule has 1 fully saturated rings. The Morgan fingerprint density at radius 3 is 2.36 bits per heavy atom. The molecule has 0 bridgehead atoms. The summed E-state index contributed by atoms with van der Waals surface area (Å²) in [7, 11) is -3.78. The number of benzene rings is 1. The van der Waals surface area contributed by atoms with Gasteiger partial charge < -0.3 is 9.94 Å². The number of carboxylic acids is 1. The van der Waals surface area contributed by atoms with E-state index in [0.717, 1.165) is 12.1 Å². The van der Waals surface area contributed by atoms with Crippen molar-refractivity contribution in [3.63, 3.8) is 0 Å². The number of nitrogens with zero attached hydrogens (tertiary/aromatic N) is 3. The second-order valence-electron chi connectivity index (χ2n) is 5.95. The molecular weight excluding hydrogens is 354 g/mol. The van der Waals surface area contributed by atoms with Gasteiger partial charge >= 0.3 is 5.97 Å². The van der Waals surface area contributed by atoms with Crippen LogP contribution in [0.25, 0.3) is 0 Å². The number of hydrogen-bond acceptors (Lipinski definition) is 7. The second kappa shape index (κ2) is 6.08. The molecule has 0 atom stereocenters. The van der Waals surface area contributed by atoms with Crippen LogP contribution >= 0.6 is 0 Å². The molecule has 2 aliphatic heterocycles.